The first kappa shape index (κ1) is 14.0. The number of ether oxygens (including phenoxy) is 1. The van der Waals surface area contributed by atoms with E-state index in [4.69, 9.17) is 35.6 Å². The highest BCUT2D eigenvalue weighted by Gasteiger charge is 2.32. The molecule has 6 rings (SSSR count). The Morgan fingerprint density at radius 3 is 2.51 bits per heavy atom. The third-order valence-corrected chi connectivity index (χ3v) is 7.28. The predicted molar refractivity (Wildman–Crippen MR) is 198 cm³/mol. The summed E-state index contributed by atoms with van der Waals surface area (Å²) in [6.07, 6.45) is -15.8. The van der Waals surface area contributed by atoms with Gasteiger partial charge < -0.3 is 19.1 Å². The van der Waals surface area contributed by atoms with Crippen molar-refractivity contribution in [2.24, 2.45) is 0 Å². The van der Waals surface area contributed by atoms with Crippen LogP contribution in [-0.2, 0) is 34.4 Å². The van der Waals surface area contributed by atoms with Crippen LogP contribution >= 0.6 is 11.8 Å². The molecule has 4 aromatic carbocycles. The number of alkyl halides is 3. The van der Waals surface area contributed by atoms with E-state index < -0.39 is 266 Å². The number of carbonyl (C=O) groups excluding carboxylic acids is 1. The van der Waals surface area contributed by atoms with Gasteiger partial charge in [-0.2, -0.15) is 13.2 Å². The van der Waals surface area contributed by atoms with Crippen LogP contribution in [0.1, 0.15) is 83.0 Å². The Labute approximate surface area is 358 Å². The monoisotopic (exact) mass is 784 g/mol. The maximum Gasteiger partial charge on any atom is 0.416 e. The van der Waals surface area contributed by atoms with Crippen LogP contribution in [0.4, 0.5) is 22.0 Å². The molecule has 0 bridgehead atoms. The van der Waals surface area contributed by atoms with Gasteiger partial charge in [-0.05, 0) is 66.1 Å². The summed E-state index contributed by atoms with van der Waals surface area (Å²) in [4.78, 5) is 28.1. The standard InChI is InChI=1S/C41H40F5N3O3S/c1-27-22-30(14-15-34(27)41(44,45)46)29-12-10-28(11-13-29)24-48(32-16-18-47(19-17-32)20-21-52-2)38(51)25-49-36-9-4-3-7-33(36)37(50)23-39(49)53-26-31-6-5-8-35(42)40(31)43/h3-15,22-23,32H,16-21,24-26H2,1-2H3/i2D3,3D,4D,5D,6D,7D,8D,9D,10D,11D,12D,13D,14D,15D,16D2,17D2,18D2,19D2,21D2,22D,23D,24D2,25D2,26D2,32D. The van der Waals surface area contributed by atoms with Gasteiger partial charge in [0.25, 0.3) is 0 Å². The lowest BCUT2D eigenvalue weighted by molar-refractivity contribution is -0.138. The largest absolute Gasteiger partial charge is 0.416 e. The number of benzene rings is 4. The van der Waals surface area contributed by atoms with Crippen LogP contribution in [0, 0.1) is 18.6 Å². The minimum absolute atomic E-state index is 0.576. The van der Waals surface area contributed by atoms with Crippen LogP contribution in [0.2, 0.25) is 0 Å². The molecule has 12 heteroatoms. The number of amides is 1. The quantitative estimate of drug-likeness (QED) is 0.0937. The zero-order valence-corrected chi connectivity index (χ0v) is 26.9. The summed E-state index contributed by atoms with van der Waals surface area (Å²) in [5.74, 6) is -8.14. The number of aromatic nitrogens is 1. The van der Waals surface area contributed by atoms with E-state index in [0.717, 1.165) is 0 Å². The molecule has 0 aliphatic carbocycles. The molecule has 1 aliphatic heterocycles. The van der Waals surface area contributed by atoms with Crippen molar-refractivity contribution in [1.82, 2.24) is 14.4 Å². The predicted octanol–water partition coefficient (Wildman–Crippen LogP) is 8.71. The molecule has 1 fully saturated rings. The number of fused-ring (bicyclic) bond motifs is 1. The normalized spacial score (nSPS) is 29.4. The molecule has 53 heavy (non-hydrogen) atoms. The molecule has 5 aromatic rings. The van der Waals surface area contributed by atoms with Crippen molar-refractivity contribution in [1.29, 1.82) is 0 Å². The lowest BCUT2D eigenvalue weighted by atomic mass is 9.98. The second-order valence-corrected chi connectivity index (χ2v) is 10.7. The Bertz CT molecular complexity index is 3760. The average molecular weight is 785 g/mol. The zero-order chi connectivity index (χ0) is 68.5. The Balaban J connectivity index is 1.88. The highest BCUT2D eigenvalue weighted by molar-refractivity contribution is 7.98. The summed E-state index contributed by atoms with van der Waals surface area (Å²) in [7, 11) is -3.83. The number of halogens is 5. The van der Waals surface area contributed by atoms with E-state index in [2.05, 4.69) is 4.74 Å². The lowest BCUT2D eigenvalue weighted by Crippen LogP contribution is -2.48. The van der Waals surface area contributed by atoms with Crippen LogP contribution in [0.15, 0.2) is 100 Å². The van der Waals surface area contributed by atoms with Crippen molar-refractivity contribution in [3.05, 3.63) is 135 Å². The van der Waals surface area contributed by atoms with Gasteiger partial charge in [0.05, 0.1) is 56.9 Å². The van der Waals surface area contributed by atoms with E-state index in [1.54, 1.807) is 0 Å². The molecule has 1 aromatic heterocycles. The van der Waals surface area contributed by atoms with Gasteiger partial charge in [0.15, 0.2) is 17.1 Å². The second-order valence-electron chi connectivity index (χ2n) is 9.92. The summed E-state index contributed by atoms with van der Waals surface area (Å²) in [5.41, 5.74) is -17.9. The molecule has 6 nitrogen and oxygen atoms in total. The summed E-state index contributed by atoms with van der Waals surface area (Å²) >= 11 is -0.970. The summed E-state index contributed by atoms with van der Waals surface area (Å²) < 4.78 is 383. The molecule has 0 radical (unpaired) electrons. The zero-order valence-electron chi connectivity index (χ0n) is 61.1. The first-order valence-electron chi connectivity index (χ1n) is 31.6. The van der Waals surface area contributed by atoms with Crippen molar-refractivity contribution in [2.75, 3.05) is 33.1 Å². The van der Waals surface area contributed by atoms with Gasteiger partial charge in [-0.15, -0.1) is 11.8 Å². The van der Waals surface area contributed by atoms with E-state index in [9.17, 15) is 30.3 Å². The molecule has 1 amide bonds. The Kier molecular flexibility index (Phi) is 4.39. The average Bonchev–Trinajstić information content (AvgIpc) is 0.684. The van der Waals surface area contributed by atoms with Crippen LogP contribution in [0.5, 0.6) is 0 Å². The van der Waals surface area contributed by atoms with Gasteiger partial charge in [-0.25, -0.2) is 8.78 Å². The minimum atomic E-state index is -5.49. The molecule has 0 atom stereocenters. The third-order valence-electron chi connectivity index (χ3n) is 6.49. The first-order valence-corrected chi connectivity index (χ1v) is 14.9. The molecule has 1 aliphatic rings. The summed E-state index contributed by atoms with van der Waals surface area (Å²) in [5, 5.41) is -3.55. The lowest BCUT2D eigenvalue weighted by Gasteiger charge is -2.39. The number of nitrogens with zero attached hydrogens (tertiary/aromatic N) is 3. The number of likely N-dealkylation sites (tertiary alicyclic amines) is 1. The fourth-order valence-corrected chi connectivity index (χ4v) is 4.84. The van der Waals surface area contributed by atoms with Crippen LogP contribution in [0.3, 0.4) is 0 Å². The molecule has 0 spiro atoms. The number of hydrogen-bond donors (Lipinski definition) is 0. The Hall–Kier alpha value is -4.52. The Morgan fingerprint density at radius 2 is 1.77 bits per heavy atom. The molecule has 0 N–H and O–H groups in total. The van der Waals surface area contributed by atoms with Crippen molar-refractivity contribution >= 4 is 28.6 Å². The Morgan fingerprint density at radius 1 is 1.04 bits per heavy atom. The van der Waals surface area contributed by atoms with Crippen molar-refractivity contribution < 1.29 is 79.5 Å². The second kappa shape index (κ2) is 16.7. The van der Waals surface area contributed by atoms with Gasteiger partial charge in [-0.1, -0.05) is 60.4 Å². The maximum absolute atomic E-state index is 16.2. The van der Waals surface area contributed by atoms with E-state index in [1.807, 2.05) is 0 Å². The molecular formula is C41H40F5N3O3S. The summed E-state index contributed by atoms with van der Waals surface area (Å²) in [6.45, 7) is -25.6. The molecule has 2 heterocycles. The van der Waals surface area contributed by atoms with Crippen molar-refractivity contribution in [3.63, 3.8) is 0 Å². The van der Waals surface area contributed by atoms with Gasteiger partial charge in [0.1, 0.15) is 6.50 Å². The molecule has 0 saturated carbocycles. The number of methoxy groups -OCH3 is 1. The SMILES string of the molecule is [2H]c1c([2H])c(F)c(F)c(C([2H])([2H])Sc2c([2H])c(=O)c3c([2H])c([2H])c([2H])c([2H])c3n2C([2H])([2H])C(=O)N(C([2H])([2H])c2c([2H])c([2H])c(-c3c([2H])c([2H])c(C(F)(F)F)c(C)c3[2H])c([2H])c2[2H])C2([2H])C([2H])([2H])C([2H])([2H])N(CC([2H])([2H])OC([2H])([2H])[2H])C([2H])([2H])C2([2H])[2H])c1[2H]. The topological polar surface area (TPSA) is 54.8 Å². The number of hydrogen-bond acceptors (Lipinski definition) is 5. The summed E-state index contributed by atoms with van der Waals surface area (Å²) in [6, 6.07) is -31.2. The van der Waals surface area contributed by atoms with Crippen LogP contribution in [0.25, 0.3) is 22.0 Å². The first-order chi connectivity index (χ1) is 39.2. The van der Waals surface area contributed by atoms with Crippen LogP contribution < -0.4 is 5.43 Å². The smallest absolute Gasteiger partial charge is 0.383 e. The fourth-order valence-electron chi connectivity index (χ4n) is 4.13. The molecule has 1 saturated heterocycles. The molecule has 0 unspecified atom stereocenters. The van der Waals surface area contributed by atoms with Crippen LogP contribution in [-0.4, -0.2) is 59.4 Å². The number of rotatable bonds is 12. The van der Waals surface area contributed by atoms with E-state index in [0.29, 0.717) is 6.92 Å². The van der Waals surface area contributed by atoms with Gasteiger partial charge >= 0.3 is 6.18 Å². The van der Waals surface area contributed by atoms with E-state index in [-0.39, 0.29) is 0 Å². The highest BCUT2D eigenvalue weighted by atomic mass is 32.2. The van der Waals surface area contributed by atoms with Crippen molar-refractivity contribution in [2.45, 2.75) is 55.6 Å². The van der Waals surface area contributed by atoms with Gasteiger partial charge in [-0.3, -0.25) is 9.59 Å². The number of pyridine rings is 1. The number of carbonyl (C=O) groups is 1. The minimum Gasteiger partial charge on any atom is -0.383 e. The van der Waals surface area contributed by atoms with Gasteiger partial charge in [0, 0.05) is 75.5 Å². The van der Waals surface area contributed by atoms with E-state index >= 15 is 13.6 Å². The van der Waals surface area contributed by atoms with E-state index in [1.165, 1.54) is 0 Å². The third kappa shape index (κ3) is 9.00. The van der Waals surface area contributed by atoms with Crippen molar-refractivity contribution in [3.8, 4) is 11.1 Å². The molecular weight excluding hydrogens is 710 g/mol. The number of piperidine rings is 1. The fraction of sp³-hybridized carbons (Fsp3) is 0.317. The van der Waals surface area contributed by atoms with Gasteiger partial charge in [0.2, 0.25) is 5.91 Å². The number of thioether (sulfide) groups is 1. The number of para-hydroxylation sites is 1. The maximum atomic E-state index is 16.2. The molecule has 278 valence electrons. The highest BCUT2D eigenvalue weighted by Crippen LogP contribution is 2.34.